The molecular formula is C24H22O7. The Morgan fingerprint density at radius 2 is 1.68 bits per heavy atom. The number of fused-ring (bicyclic) bond motifs is 1. The van der Waals surface area contributed by atoms with E-state index in [4.69, 9.17) is 13.9 Å². The molecule has 3 aromatic rings. The second kappa shape index (κ2) is 8.87. The van der Waals surface area contributed by atoms with Gasteiger partial charge in [-0.15, -0.1) is 0 Å². The Morgan fingerprint density at radius 1 is 1.03 bits per heavy atom. The average molecular weight is 422 g/mol. The van der Waals surface area contributed by atoms with Gasteiger partial charge in [0.1, 0.15) is 34.5 Å². The van der Waals surface area contributed by atoms with E-state index >= 15 is 0 Å². The maximum absolute atomic E-state index is 13.2. The van der Waals surface area contributed by atoms with Crippen LogP contribution in [0.1, 0.15) is 33.3 Å². The number of carbonyl (C=O) groups is 2. The Labute approximate surface area is 178 Å². The lowest BCUT2D eigenvalue weighted by Gasteiger charge is -2.13. The van der Waals surface area contributed by atoms with E-state index in [-0.39, 0.29) is 28.0 Å². The van der Waals surface area contributed by atoms with Gasteiger partial charge in [-0.25, -0.2) is 0 Å². The first kappa shape index (κ1) is 21.8. The summed E-state index contributed by atoms with van der Waals surface area (Å²) in [6.07, 6.45) is 3.55. The molecule has 0 saturated carbocycles. The molecule has 1 aromatic heterocycles. The highest BCUT2D eigenvalue weighted by Crippen LogP contribution is 2.36. The minimum absolute atomic E-state index is 0.00498. The second-order valence-corrected chi connectivity index (χ2v) is 7.25. The normalized spacial score (nSPS) is 10.6. The molecule has 1 heterocycles. The lowest BCUT2D eigenvalue weighted by molar-refractivity contribution is -0.132. The van der Waals surface area contributed by atoms with Gasteiger partial charge in [0.2, 0.25) is 5.43 Å². The summed E-state index contributed by atoms with van der Waals surface area (Å²) < 4.78 is 16.0. The number of aromatic hydroxyl groups is 1. The molecule has 0 atom stereocenters. The third-order valence-corrected chi connectivity index (χ3v) is 4.48. The fourth-order valence-electron chi connectivity index (χ4n) is 3.13. The Hall–Kier alpha value is -3.87. The second-order valence-electron chi connectivity index (χ2n) is 7.25. The van der Waals surface area contributed by atoms with Gasteiger partial charge in [-0.05, 0) is 38.0 Å². The van der Waals surface area contributed by atoms with Crippen molar-refractivity contribution >= 4 is 22.9 Å². The molecule has 0 fully saturated rings. The first-order valence-corrected chi connectivity index (χ1v) is 9.58. The first-order chi connectivity index (χ1) is 14.7. The van der Waals surface area contributed by atoms with Crippen molar-refractivity contribution in [2.24, 2.45) is 0 Å². The number of esters is 2. The zero-order valence-electron chi connectivity index (χ0n) is 17.6. The van der Waals surface area contributed by atoms with Crippen LogP contribution in [0.2, 0.25) is 0 Å². The highest BCUT2D eigenvalue weighted by molar-refractivity contribution is 5.91. The number of carbonyl (C=O) groups excluding carboxylic acids is 2. The van der Waals surface area contributed by atoms with Gasteiger partial charge < -0.3 is 19.0 Å². The van der Waals surface area contributed by atoms with E-state index in [1.54, 1.807) is 24.3 Å². The predicted octanol–water partition coefficient (Wildman–Crippen LogP) is 4.52. The number of rotatable bonds is 5. The lowest BCUT2D eigenvalue weighted by atomic mass is 10.0. The molecule has 0 unspecified atom stereocenters. The molecule has 0 aliphatic heterocycles. The SMILES string of the molecule is CC(=O)Oc1ccc(-c2coc3c(CC=C(C)C)c(OC(C)=O)cc(O)c3c2=O)cc1. The summed E-state index contributed by atoms with van der Waals surface area (Å²) in [4.78, 5) is 35.8. The minimum atomic E-state index is -0.552. The third-order valence-electron chi connectivity index (χ3n) is 4.48. The van der Waals surface area contributed by atoms with Crippen molar-refractivity contribution in [2.75, 3.05) is 0 Å². The van der Waals surface area contributed by atoms with E-state index in [1.807, 2.05) is 19.9 Å². The molecule has 0 aliphatic rings. The molecule has 0 bridgehead atoms. The van der Waals surface area contributed by atoms with Gasteiger partial charge in [0.15, 0.2) is 0 Å². The van der Waals surface area contributed by atoms with E-state index in [2.05, 4.69) is 0 Å². The summed E-state index contributed by atoms with van der Waals surface area (Å²) in [7, 11) is 0. The topological polar surface area (TPSA) is 103 Å². The van der Waals surface area contributed by atoms with Gasteiger partial charge in [0.05, 0.1) is 5.56 Å². The monoisotopic (exact) mass is 422 g/mol. The van der Waals surface area contributed by atoms with E-state index in [0.717, 1.165) is 5.57 Å². The van der Waals surface area contributed by atoms with Gasteiger partial charge in [-0.2, -0.15) is 0 Å². The molecule has 31 heavy (non-hydrogen) atoms. The minimum Gasteiger partial charge on any atom is -0.507 e. The summed E-state index contributed by atoms with van der Waals surface area (Å²) in [5, 5.41) is 10.5. The molecule has 0 spiro atoms. The van der Waals surface area contributed by atoms with Crippen LogP contribution >= 0.6 is 0 Å². The molecule has 3 rings (SSSR count). The van der Waals surface area contributed by atoms with Crippen LogP contribution in [-0.2, 0) is 16.0 Å². The standard InChI is InChI=1S/C24H22O7/c1-13(2)5-10-18-21(31-15(4)26)11-20(27)22-23(28)19(12-29-24(18)22)16-6-8-17(9-7-16)30-14(3)25/h5-9,11-12,27H,10H2,1-4H3. The number of benzene rings is 2. The molecule has 0 aliphatic carbocycles. The maximum atomic E-state index is 13.2. The maximum Gasteiger partial charge on any atom is 0.308 e. The summed E-state index contributed by atoms with van der Waals surface area (Å²) in [6, 6.07) is 7.60. The van der Waals surface area contributed by atoms with Crippen LogP contribution in [0.25, 0.3) is 22.1 Å². The average Bonchev–Trinajstić information content (AvgIpc) is 2.67. The molecule has 7 nitrogen and oxygen atoms in total. The zero-order valence-corrected chi connectivity index (χ0v) is 17.6. The Bertz CT molecular complexity index is 1240. The summed E-state index contributed by atoms with van der Waals surface area (Å²) in [5.41, 5.74) is 1.98. The fraction of sp³-hybridized carbons (Fsp3) is 0.208. The molecule has 7 heteroatoms. The molecular weight excluding hydrogens is 400 g/mol. The molecule has 0 amide bonds. The van der Waals surface area contributed by atoms with Crippen LogP contribution in [0.4, 0.5) is 0 Å². The number of phenolic OH excluding ortho intramolecular Hbond substituents is 1. The fourth-order valence-corrected chi connectivity index (χ4v) is 3.13. The number of hydrogen-bond donors (Lipinski definition) is 1. The van der Waals surface area contributed by atoms with Gasteiger partial charge in [0.25, 0.3) is 0 Å². The summed E-state index contributed by atoms with van der Waals surface area (Å²) >= 11 is 0. The van der Waals surface area contributed by atoms with Crippen molar-refractivity contribution in [2.45, 2.75) is 34.1 Å². The van der Waals surface area contributed by atoms with E-state index in [0.29, 0.717) is 23.3 Å². The van der Waals surface area contributed by atoms with Crippen molar-refractivity contribution in [1.29, 1.82) is 0 Å². The quantitative estimate of drug-likeness (QED) is 0.366. The smallest absolute Gasteiger partial charge is 0.308 e. The summed E-state index contributed by atoms with van der Waals surface area (Å²) in [6.45, 7) is 6.39. The van der Waals surface area contributed by atoms with Crippen molar-refractivity contribution in [3.05, 3.63) is 64.0 Å². The van der Waals surface area contributed by atoms with Crippen LogP contribution in [0.5, 0.6) is 17.2 Å². The first-order valence-electron chi connectivity index (χ1n) is 9.58. The van der Waals surface area contributed by atoms with Crippen molar-refractivity contribution < 1.29 is 28.6 Å². The number of phenols is 1. The largest absolute Gasteiger partial charge is 0.507 e. The Kier molecular flexibility index (Phi) is 6.25. The van der Waals surface area contributed by atoms with Crippen LogP contribution < -0.4 is 14.9 Å². The number of ether oxygens (including phenoxy) is 2. The third kappa shape index (κ3) is 4.83. The molecule has 2 aromatic carbocycles. The Balaban J connectivity index is 2.19. The molecule has 0 saturated heterocycles. The van der Waals surface area contributed by atoms with Crippen LogP contribution in [0, 0.1) is 0 Å². The van der Waals surface area contributed by atoms with Crippen LogP contribution in [0.15, 0.2) is 57.5 Å². The van der Waals surface area contributed by atoms with Crippen LogP contribution in [0.3, 0.4) is 0 Å². The van der Waals surface area contributed by atoms with Gasteiger partial charge in [-0.1, -0.05) is 23.8 Å². The van der Waals surface area contributed by atoms with Crippen LogP contribution in [-0.4, -0.2) is 17.0 Å². The highest BCUT2D eigenvalue weighted by atomic mass is 16.5. The van der Waals surface area contributed by atoms with Crippen molar-refractivity contribution in [3.63, 3.8) is 0 Å². The van der Waals surface area contributed by atoms with E-state index in [9.17, 15) is 19.5 Å². The summed E-state index contributed by atoms with van der Waals surface area (Å²) in [5.74, 6) is -0.866. The van der Waals surface area contributed by atoms with Crippen molar-refractivity contribution in [1.82, 2.24) is 0 Å². The molecule has 160 valence electrons. The number of hydrogen-bond acceptors (Lipinski definition) is 7. The molecule has 0 radical (unpaired) electrons. The lowest BCUT2D eigenvalue weighted by Crippen LogP contribution is -2.09. The Morgan fingerprint density at radius 3 is 2.26 bits per heavy atom. The van der Waals surface area contributed by atoms with Gasteiger partial charge in [-0.3, -0.25) is 14.4 Å². The van der Waals surface area contributed by atoms with Gasteiger partial charge in [0, 0.05) is 25.5 Å². The predicted molar refractivity (Wildman–Crippen MR) is 115 cm³/mol. The van der Waals surface area contributed by atoms with E-state index < -0.39 is 17.4 Å². The number of allylic oxidation sites excluding steroid dienone is 2. The van der Waals surface area contributed by atoms with E-state index in [1.165, 1.54) is 26.2 Å². The highest BCUT2D eigenvalue weighted by Gasteiger charge is 2.20. The van der Waals surface area contributed by atoms with Crippen molar-refractivity contribution in [3.8, 4) is 28.4 Å². The zero-order chi connectivity index (χ0) is 22.7. The molecule has 1 N–H and O–H groups in total. The van der Waals surface area contributed by atoms with Gasteiger partial charge >= 0.3 is 11.9 Å².